The molecule has 0 aromatic heterocycles. The van der Waals surface area contributed by atoms with Crippen LogP contribution in [0.25, 0.3) is 0 Å². The van der Waals surface area contributed by atoms with Crippen molar-refractivity contribution in [2.24, 2.45) is 0 Å². The molecule has 3 rings (SSSR count). The highest BCUT2D eigenvalue weighted by Crippen LogP contribution is 2.29. The first-order chi connectivity index (χ1) is 10.9. The van der Waals surface area contributed by atoms with Crippen LogP contribution < -0.4 is 4.18 Å². The zero-order chi connectivity index (χ0) is 16.6. The Morgan fingerprint density at radius 2 is 1.83 bits per heavy atom. The molecular formula is C16H15NO5S. The molecule has 0 saturated carbocycles. The van der Waals surface area contributed by atoms with Crippen LogP contribution in [-0.4, -0.2) is 13.3 Å². The number of nitro benzene ring substituents is 1. The maximum absolute atomic E-state index is 12.3. The SMILES string of the molecule is Cc1ccc(S(=O)(=O)Oc2ccc3c(c2)CCC3)cc1[N+](=O)[O-]. The predicted molar refractivity (Wildman–Crippen MR) is 84.1 cm³/mol. The second-order valence-electron chi connectivity index (χ2n) is 5.53. The van der Waals surface area contributed by atoms with Gasteiger partial charge in [0.25, 0.3) is 5.69 Å². The molecule has 0 radical (unpaired) electrons. The lowest BCUT2D eigenvalue weighted by molar-refractivity contribution is -0.385. The van der Waals surface area contributed by atoms with Crippen molar-refractivity contribution in [2.45, 2.75) is 31.1 Å². The minimum Gasteiger partial charge on any atom is -0.379 e. The monoisotopic (exact) mass is 333 g/mol. The van der Waals surface area contributed by atoms with E-state index < -0.39 is 15.0 Å². The van der Waals surface area contributed by atoms with Gasteiger partial charge in [0.05, 0.1) is 4.92 Å². The van der Waals surface area contributed by atoms with Crippen molar-refractivity contribution in [1.82, 2.24) is 0 Å². The summed E-state index contributed by atoms with van der Waals surface area (Å²) in [4.78, 5) is 10.1. The van der Waals surface area contributed by atoms with E-state index in [1.807, 2.05) is 6.07 Å². The number of aryl methyl sites for hydroxylation is 3. The van der Waals surface area contributed by atoms with E-state index in [0.717, 1.165) is 30.9 Å². The molecule has 23 heavy (non-hydrogen) atoms. The van der Waals surface area contributed by atoms with Gasteiger partial charge in [-0.1, -0.05) is 12.1 Å². The van der Waals surface area contributed by atoms with E-state index in [2.05, 4.69) is 0 Å². The Bertz CT molecular complexity index is 889. The first-order valence-electron chi connectivity index (χ1n) is 7.18. The first kappa shape index (κ1) is 15.5. The molecule has 0 aliphatic heterocycles. The van der Waals surface area contributed by atoms with Crippen molar-refractivity contribution in [1.29, 1.82) is 0 Å². The Labute approximate surface area is 134 Å². The number of rotatable bonds is 4. The van der Waals surface area contributed by atoms with Gasteiger partial charge in [0.1, 0.15) is 10.6 Å². The predicted octanol–water partition coefficient (Wildman–Crippen LogP) is 3.16. The van der Waals surface area contributed by atoms with E-state index >= 15 is 0 Å². The molecule has 120 valence electrons. The molecule has 0 saturated heterocycles. The lowest BCUT2D eigenvalue weighted by Crippen LogP contribution is -2.10. The number of hydrogen-bond donors (Lipinski definition) is 0. The van der Waals surface area contributed by atoms with Gasteiger partial charge >= 0.3 is 10.1 Å². The molecule has 0 amide bonds. The fraction of sp³-hybridized carbons (Fsp3) is 0.250. The van der Waals surface area contributed by atoms with E-state index in [1.165, 1.54) is 17.7 Å². The van der Waals surface area contributed by atoms with Gasteiger partial charge in [0, 0.05) is 11.6 Å². The molecule has 2 aromatic carbocycles. The van der Waals surface area contributed by atoms with Crippen LogP contribution in [0.5, 0.6) is 5.75 Å². The molecule has 0 atom stereocenters. The lowest BCUT2D eigenvalue weighted by atomic mass is 10.1. The van der Waals surface area contributed by atoms with E-state index in [1.54, 1.807) is 19.1 Å². The van der Waals surface area contributed by atoms with Gasteiger partial charge in [-0.2, -0.15) is 8.42 Å². The molecule has 0 heterocycles. The van der Waals surface area contributed by atoms with Crippen LogP contribution in [0.1, 0.15) is 23.1 Å². The van der Waals surface area contributed by atoms with Crippen LogP contribution in [0.2, 0.25) is 0 Å². The second-order valence-corrected chi connectivity index (χ2v) is 7.07. The fourth-order valence-electron chi connectivity index (χ4n) is 2.72. The molecule has 0 N–H and O–H groups in total. The Balaban J connectivity index is 1.93. The fourth-order valence-corrected chi connectivity index (χ4v) is 3.66. The second kappa shape index (κ2) is 5.66. The lowest BCUT2D eigenvalue weighted by Gasteiger charge is -2.09. The summed E-state index contributed by atoms with van der Waals surface area (Å²) in [6.07, 6.45) is 2.95. The van der Waals surface area contributed by atoms with Gasteiger partial charge in [0.15, 0.2) is 0 Å². The van der Waals surface area contributed by atoms with Crippen molar-refractivity contribution in [3.63, 3.8) is 0 Å². The van der Waals surface area contributed by atoms with Gasteiger partial charge in [-0.05, 0) is 55.5 Å². The number of hydrogen-bond acceptors (Lipinski definition) is 5. The number of fused-ring (bicyclic) bond motifs is 1. The Kier molecular flexibility index (Phi) is 3.81. The van der Waals surface area contributed by atoms with Gasteiger partial charge in [-0.15, -0.1) is 0 Å². The minimum absolute atomic E-state index is 0.227. The summed E-state index contributed by atoms with van der Waals surface area (Å²) in [6.45, 7) is 1.55. The molecule has 1 aliphatic rings. The smallest absolute Gasteiger partial charge is 0.339 e. The zero-order valence-electron chi connectivity index (χ0n) is 12.5. The number of nitrogens with zero attached hydrogens (tertiary/aromatic N) is 1. The van der Waals surface area contributed by atoms with Crippen molar-refractivity contribution >= 4 is 15.8 Å². The highest BCUT2D eigenvalue weighted by molar-refractivity contribution is 7.87. The van der Waals surface area contributed by atoms with Gasteiger partial charge in [0.2, 0.25) is 0 Å². The molecule has 6 nitrogen and oxygen atoms in total. The molecule has 0 fully saturated rings. The summed E-state index contributed by atoms with van der Waals surface area (Å²) in [5, 5.41) is 11.0. The van der Waals surface area contributed by atoms with E-state index in [4.69, 9.17) is 4.18 Å². The summed E-state index contributed by atoms with van der Waals surface area (Å²) < 4.78 is 29.8. The summed E-state index contributed by atoms with van der Waals surface area (Å²) in [5.74, 6) is 0.230. The van der Waals surface area contributed by atoms with Crippen molar-refractivity contribution < 1.29 is 17.5 Å². The Morgan fingerprint density at radius 1 is 1.09 bits per heavy atom. The normalized spacial score (nSPS) is 13.6. The van der Waals surface area contributed by atoms with Crippen LogP contribution in [0.4, 0.5) is 5.69 Å². The van der Waals surface area contributed by atoms with Crippen molar-refractivity contribution in [3.05, 3.63) is 63.2 Å². The van der Waals surface area contributed by atoms with Crippen LogP contribution in [-0.2, 0) is 23.0 Å². The molecular weight excluding hydrogens is 318 g/mol. The average molecular weight is 333 g/mol. The van der Waals surface area contributed by atoms with Gasteiger partial charge in [-0.25, -0.2) is 0 Å². The minimum atomic E-state index is -4.11. The van der Waals surface area contributed by atoms with E-state index in [-0.39, 0.29) is 16.3 Å². The molecule has 0 bridgehead atoms. The van der Waals surface area contributed by atoms with E-state index in [0.29, 0.717) is 5.56 Å². The molecule has 0 spiro atoms. The van der Waals surface area contributed by atoms with Crippen molar-refractivity contribution in [2.75, 3.05) is 0 Å². The Morgan fingerprint density at radius 3 is 2.57 bits per heavy atom. The summed E-state index contributed by atoms with van der Waals surface area (Å²) >= 11 is 0. The molecule has 0 unspecified atom stereocenters. The third kappa shape index (κ3) is 3.05. The molecule has 1 aliphatic carbocycles. The van der Waals surface area contributed by atoms with Crippen LogP contribution in [0.15, 0.2) is 41.3 Å². The summed E-state index contributed by atoms with van der Waals surface area (Å²) in [6, 6.07) is 8.94. The maximum Gasteiger partial charge on any atom is 0.339 e. The van der Waals surface area contributed by atoms with Crippen molar-refractivity contribution in [3.8, 4) is 5.75 Å². The largest absolute Gasteiger partial charge is 0.379 e. The third-order valence-corrected chi connectivity index (χ3v) is 5.19. The number of nitro groups is 1. The standard InChI is InChI=1S/C16H15NO5S/c1-11-5-8-15(10-16(11)17(18)19)23(20,21)22-14-7-6-12-3-2-4-13(12)9-14/h5-10H,2-4H2,1H3. The topological polar surface area (TPSA) is 86.5 Å². The third-order valence-electron chi connectivity index (χ3n) is 3.94. The van der Waals surface area contributed by atoms with E-state index in [9.17, 15) is 18.5 Å². The highest BCUT2D eigenvalue weighted by atomic mass is 32.2. The quantitative estimate of drug-likeness (QED) is 0.487. The van der Waals surface area contributed by atoms with Crippen LogP contribution >= 0.6 is 0 Å². The van der Waals surface area contributed by atoms with Crippen LogP contribution in [0, 0.1) is 17.0 Å². The molecule has 2 aromatic rings. The van der Waals surface area contributed by atoms with Gasteiger partial charge < -0.3 is 4.18 Å². The molecule has 7 heteroatoms. The maximum atomic E-state index is 12.3. The highest BCUT2D eigenvalue weighted by Gasteiger charge is 2.22. The zero-order valence-corrected chi connectivity index (χ0v) is 13.3. The van der Waals surface area contributed by atoms with Crippen LogP contribution in [0.3, 0.4) is 0 Å². The van der Waals surface area contributed by atoms with Gasteiger partial charge in [-0.3, -0.25) is 10.1 Å². The summed E-state index contributed by atoms with van der Waals surface area (Å²) in [7, 11) is -4.11. The number of benzene rings is 2. The first-order valence-corrected chi connectivity index (χ1v) is 8.59. The Hall–Kier alpha value is -2.41. The summed E-state index contributed by atoms with van der Waals surface area (Å²) in [5.41, 5.74) is 2.45. The average Bonchev–Trinajstić information content (AvgIpc) is 2.94.